The molecule has 0 radical (unpaired) electrons. The van der Waals surface area contributed by atoms with Crippen molar-refractivity contribution in [3.63, 3.8) is 0 Å². The van der Waals surface area contributed by atoms with Crippen molar-refractivity contribution >= 4 is 42.9 Å². The van der Waals surface area contributed by atoms with Crippen LogP contribution >= 0.6 is 32.3 Å². The Bertz CT molecular complexity index is 2350. The second-order valence-electron chi connectivity index (χ2n) is 19.8. The lowest BCUT2D eigenvalue weighted by atomic mass is 10.0. The minimum atomic E-state index is -0.512. The molecule has 7 aromatic carbocycles. The summed E-state index contributed by atoms with van der Waals surface area (Å²) in [4.78, 5) is 0. The molecule has 0 N–H and O–H groups in total. The second-order valence-corrected chi connectivity index (χ2v) is 29.9. The van der Waals surface area contributed by atoms with Gasteiger partial charge in [-0.1, -0.05) is 215 Å². The van der Waals surface area contributed by atoms with E-state index in [9.17, 15) is 0 Å². The van der Waals surface area contributed by atoms with Gasteiger partial charge in [0.1, 0.15) is 5.75 Å². The lowest BCUT2D eigenvalue weighted by Crippen LogP contribution is -2.24. The van der Waals surface area contributed by atoms with Gasteiger partial charge in [-0.3, -0.25) is 8.88 Å². The maximum Gasteiger partial charge on any atom is 0.119 e. The van der Waals surface area contributed by atoms with Crippen LogP contribution in [0, 0.1) is 0 Å². The molecular weight excluding hydrogens is 949 g/mol. The standard InChI is InChI=1S/C65H78N2OP4/c1-4-6-48-69(60-38-22-12-23-39-60)66(71-62(55-30-14-8-15-31-55)42-43-63(71)56-32-16-9-17-33-56)46-26-28-53-50-54(52-59(51-53)68-3)29-27-47-67(70(49-7-5-2)61-40-24-13-25-41-61)72-64(57-34-18-10-19-35-57)44-45-65(72)58-36-20-11-21-37-58/h8-25,30-41,50-52,62-65H,4-7,26-29,42-49H2,1-3H3/t62-,63-,64+,65+,69?,70?. The van der Waals surface area contributed by atoms with Gasteiger partial charge in [-0.15, -0.1) is 0 Å². The summed E-state index contributed by atoms with van der Waals surface area (Å²) >= 11 is 0. The fraction of sp³-hybridized carbons (Fsp3) is 0.354. The van der Waals surface area contributed by atoms with E-state index in [0.717, 1.165) is 44.5 Å². The van der Waals surface area contributed by atoms with E-state index < -0.39 is 32.3 Å². The van der Waals surface area contributed by atoms with E-state index in [1.807, 2.05) is 7.11 Å². The number of ether oxygens (including phenoxy) is 1. The molecule has 374 valence electrons. The van der Waals surface area contributed by atoms with Crippen molar-refractivity contribution in [2.45, 2.75) is 114 Å². The Morgan fingerprint density at radius 1 is 0.417 bits per heavy atom. The van der Waals surface area contributed by atoms with E-state index >= 15 is 0 Å². The normalized spacial score (nSPS) is 19.2. The molecular formula is C65H78N2OP4. The maximum atomic E-state index is 6.14. The van der Waals surface area contributed by atoms with Crippen molar-refractivity contribution in [1.29, 1.82) is 0 Å². The number of methoxy groups -OCH3 is 1. The highest BCUT2D eigenvalue weighted by Crippen LogP contribution is 2.78. The van der Waals surface area contributed by atoms with E-state index in [1.165, 1.54) is 97.1 Å². The number of nitrogens with zero attached hydrogens (tertiary/aromatic N) is 2. The topological polar surface area (TPSA) is 15.7 Å². The largest absolute Gasteiger partial charge is 0.497 e. The smallest absolute Gasteiger partial charge is 0.119 e. The van der Waals surface area contributed by atoms with Crippen molar-refractivity contribution in [2.75, 3.05) is 32.5 Å². The van der Waals surface area contributed by atoms with Crippen LogP contribution in [0.15, 0.2) is 200 Å². The molecule has 72 heavy (non-hydrogen) atoms. The van der Waals surface area contributed by atoms with Crippen LogP contribution in [0.25, 0.3) is 0 Å². The molecule has 2 saturated heterocycles. The van der Waals surface area contributed by atoms with Gasteiger partial charge in [0.25, 0.3) is 0 Å². The summed E-state index contributed by atoms with van der Waals surface area (Å²) < 4.78 is 12.4. The zero-order chi connectivity index (χ0) is 49.3. The molecule has 0 aliphatic carbocycles. The van der Waals surface area contributed by atoms with Gasteiger partial charge in [0.15, 0.2) is 0 Å². The number of rotatable bonds is 25. The molecule has 9 rings (SSSR count). The summed E-state index contributed by atoms with van der Waals surface area (Å²) in [6, 6.07) is 76.8. The minimum Gasteiger partial charge on any atom is -0.497 e. The van der Waals surface area contributed by atoms with Crippen molar-refractivity contribution in [1.82, 2.24) is 8.88 Å². The molecule has 2 fully saturated rings. The van der Waals surface area contributed by atoms with Crippen LogP contribution in [0.5, 0.6) is 5.75 Å². The lowest BCUT2D eigenvalue weighted by molar-refractivity contribution is 0.413. The summed E-state index contributed by atoms with van der Waals surface area (Å²) in [7, 11) is -0.182. The molecule has 2 heterocycles. The van der Waals surface area contributed by atoms with E-state index in [-0.39, 0.29) is 0 Å². The van der Waals surface area contributed by atoms with Crippen molar-refractivity contribution < 1.29 is 4.74 Å². The summed E-state index contributed by atoms with van der Waals surface area (Å²) in [5.74, 6) is 1.00. The second kappa shape index (κ2) is 27.5. The first-order valence-corrected chi connectivity index (χ1v) is 33.1. The van der Waals surface area contributed by atoms with Gasteiger partial charge in [0.2, 0.25) is 0 Å². The fourth-order valence-corrected chi connectivity index (χ4v) is 27.1. The Hall–Kier alpha value is -4.02. The Morgan fingerprint density at radius 2 is 0.722 bits per heavy atom. The van der Waals surface area contributed by atoms with Crippen LogP contribution in [0.2, 0.25) is 0 Å². The van der Waals surface area contributed by atoms with Gasteiger partial charge in [0, 0.05) is 35.7 Å². The third-order valence-corrected chi connectivity index (χ3v) is 28.6. The lowest BCUT2D eigenvalue weighted by Gasteiger charge is -2.42. The van der Waals surface area contributed by atoms with Gasteiger partial charge in [-0.25, -0.2) is 0 Å². The molecule has 0 amide bonds. The van der Waals surface area contributed by atoms with Crippen molar-refractivity contribution in [3.05, 3.63) is 234 Å². The molecule has 7 aromatic rings. The Balaban J connectivity index is 0.998. The molecule has 2 unspecified atom stereocenters. The molecule has 3 nitrogen and oxygen atoms in total. The maximum absolute atomic E-state index is 6.14. The Morgan fingerprint density at radius 3 is 1.01 bits per heavy atom. The quantitative estimate of drug-likeness (QED) is 0.0531. The summed E-state index contributed by atoms with van der Waals surface area (Å²) in [6.45, 7) is 6.96. The van der Waals surface area contributed by atoms with Crippen molar-refractivity contribution in [3.8, 4) is 5.75 Å². The first-order valence-electron chi connectivity index (χ1n) is 27.3. The summed E-state index contributed by atoms with van der Waals surface area (Å²) in [5, 5.41) is 3.09. The fourth-order valence-electron chi connectivity index (χ4n) is 11.5. The summed E-state index contributed by atoms with van der Waals surface area (Å²) in [6.07, 6.45) is 16.8. The van der Waals surface area contributed by atoms with Gasteiger partial charge in [-0.2, -0.15) is 0 Å². The number of hydrogen-bond donors (Lipinski definition) is 0. The van der Waals surface area contributed by atoms with E-state index in [2.05, 4.69) is 223 Å². The monoisotopic (exact) mass is 1030 g/mol. The number of hydrogen-bond acceptors (Lipinski definition) is 3. The predicted molar refractivity (Wildman–Crippen MR) is 318 cm³/mol. The molecule has 0 spiro atoms. The molecule has 6 atom stereocenters. The van der Waals surface area contributed by atoms with Crippen LogP contribution < -0.4 is 15.3 Å². The molecule has 2 aliphatic heterocycles. The van der Waals surface area contributed by atoms with Crippen LogP contribution in [-0.2, 0) is 12.8 Å². The first-order chi connectivity index (χ1) is 35.6. The van der Waals surface area contributed by atoms with E-state index in [4.69, 9.17) is 4.74 Å². The molecule has 0 bridgehead atoms. The van der Waals surface area contributed by atoms with Crippen LogP contribution in [0.1, 0.15) is 134 Å². The number of aryl methyl sites for hydroxylation is 2. The van der Waals surface area contributed by atoms with E-state index in [1.54, 1.807) is 10.6 Å². The molecule has 7 heteroatoms. The highest BCUT2D eigenvalue weighted by atomic mass is 31.2. The SMILES string of the molecule is CCCCP(c1ccccc1)N(CCCc1cc(CCCN(P(CCCC)c2ccccc2)P2[C@H](c3ccccc3)CC[C@H]2c2ccccc2)cc(OC)c1)P1[C@@H](c2ccccc2)CC[C@@H]1c1ccccc1. The molecule has 2 aliphatic rings. The van der Waals surface area contributed by atoms with Crippen molar-refractivity contribution in [2.24, 2.45) is 0 Å². The van der Waals surface area contributed by atoms with Gasteiger partial charge >= 0.3 is 0 Å². The Labute approximate surface area is 439 Å². The highest BCUT2D eigenvalue weighted by Gasteiger charge is 2.45. The van der Waals surface area contributed by atoms with Crippen LogP contribution in [0.4, 0.5) is 0 Å². The van der Waals surface area contributed by atoms with E-state index in [0.29, 0.717) is 22.6 Å². The average molecular weight is 1030 g/mol. The molecule has 0 aromatic heterocycles. The Kier molecular flexibility index (Phi) is 20.2. The zero-order valence-electron chi connectivity index (χ0n) is 43.3. The number of unbranched alkanes of at least 4 members (excludes halogenated alkanes) is 2. The zero-order valence-corrected chi connectivity index (χ0v) is 46.8. The van der Waals surface area contributed by atoms with Crippen LogP contribution in [0.3, 0.4) is 0 Å². The number of benzene rings is 7. The predicted octanol–water partition coefficient (Wildman–Crippen LogP) is 18.6. The highest BCUT2D eigenvalue weighted by molar-refractivity contribution is 7.75. The third kappa shape index (κ3) is 13.4. The minimum absolute atomic E-state index is 0.509. The van der Waals surface area contributed by atoms with Gasteiger partial charge in [-0.05, 0) is 165 Å². The third-order valence-electron chi connectivity index (χ3n) is 15.0. The van der Waals surface area contributed by atoms with Crippen LogP contribution in [-0.4, -0.2) is 41.4 Å². The first kappa shape index (κ1) is 52.8. The summed E-state index contributed by atoms with van der Waals surface area (Å²) in [5.41, 5.74) is 11.2. The van der Waals surface area contributed by atoms with Gasteiger partial charge < -0.3 is 4.74 Å². The average Bonchev–Trinajstić information content (AvgIpc) is 4.10. The van der Waals surface area contributed by atoms with Gasteiger partial charge in [0.05, 0.1) is 7.11 Å². The molecule has 0 saturated carbocycles.